The third-order valence-corrected chi connectivity index (χ3v) is 7.87. The van der Waals surface area contributed by atoms with E-state index in [2.05, 4.69) is 27.0 Å². The average Bonchev–Trinajstić information content (AvgIpc) is 3.32. The first-order valence-corrected chi connectivity index (χ1v) is 12.4. The van der Waals surface area contributed by atoms with Crippen LogP contribution in [0.5, 0.6) is 5.75 Å². The minimum absolute atomic E-state index is 0.00994. The van der Waals surface area contributed by atoms with Gasteiger partial charge < -0.3 is 25.7 Å². The van der Waals surface area contributed by atoms with Gasteiger partial charge in [0.2, 0.25) is 11.8 Å². The molecule has 184 valence electrons. The Morgan fingerprint density at radius 2 is 2.06 bits per heavy atom. The molecule has 2 aromatic rings. The molecule has 0 radical (unpaired) electrons. The minimum Gasteiger partial charge on any atom is -0.496 e. The number of hydrogen-bond acceptors (Lipinski definition) is 5. The Labute approximate surface area is 204 Å². The highest BCUT2D eigenvalue weighted by atomic mass is 16.5. The summed E-state index contributed by atoms with van der Waals surface area (Å²) < 4.78 is 5.39. The number of aromatic nitrogens is 1. The number of hydrogen-bond donors (Lipinski definition) is 4. The Bertz CT molecular complexity index is 1180. The number of benzene rings is 1. The number of carbonyl (C=O) groups is 3. The van der Waals surface area contributed by atoms with Crippen molar-refractivity contribution in [2.45, 2.75) is 50.6 Å². The molecule has 6 atom stereocenters. The number of H-pyrrole nitrogens is 1. The Morgan fingerprint density at radius 3 is 2.77 bits per heavy atom. The maximum atomic E-state index is 13.4. The standard InChI is InChI=1S/C26H31N5O4/c1-35-22-4-2-3-20-19(22)12-21(30-20)25(33)31-23(15-6-5-14-9-17(14)10-15)26(34)29-18(13-27)11-16-7-8-28-24(16)32/h2-4,12,14-18,23,30H,5-11H2,1H3,(H,28,32)(H,29,34)(H,31,33)/t14?,15?,16-,17?,18-,23?/m0/s1. The maximum Gasteiger partial charge on any atom is 0.268 e. The number of rotatable bonds is 8. The fourth-order valence-electron chi connectivity index (χ4n) is 5.79. The fraction of sp³-hybridized carbons (Fsp3) is 0.538. The zero-order valence-electron chi connectivity index (χ0n) is 19.8. The molecule has 3 fully saturated rings. The van der Waals surface area contributed by atoms with Crippen LogP contribution in [0.3, 0.4) is 0 Å². The molecule has 9 nitrogen and oxygen atoms in total. The highest BCUT2D eigenvalue weighted by Gasteiger charge is 2.46. The normalized spacial score (nSPS) is 26.7. The molecule has 2 aliphatic carbocycles. The predicted molar refractivity (Wildman–Crippen MR) is 128 cm³/mol. The average molecular weight is 478 g/mol. The molecule has 2 saturated carbocycles. The molecule has 1 saturated heterocycles. The van der Waals surface area contributed by atoms with E-state index in [-0.39, 0.29) is 36.0 Å². The van der Waals surface area contributed by atoms with Gasteiger partial charge in [0.1, 0.15) is 23.5 Å². The Morgan fingerprint density at radius 1 is 1.20 bits per heavy atom. The molecule has 0 spiro atoms. The van der Waals surface area contributed by atoms with E-state index in [1.165, 1.54) is 6.42 Å². The molecule has 3 amide bonds. The molecule has 0 bridgehead atoms. The molecular weight excluding hydrogens is 446 g/mol. The monoisotopic (exact) mass is 477 g/mol. The van der Waals surface area contributed by atoms with Crippen LogP contribution >= 0.6 is 0 Å². The molecular formula is C26H31N5O4. The molecule has 35 heavy (non-hydrogen) atoms. The van der Waals surface area contributed by atoms with Gasteiger partial charge in [-0.1, -0.05) is 6.07 Å². The van der Waals surface area contributed by atoms with Crippen LogP contribution in [0.4, 0.5) is 0 Å². The summed E-state index contributed by atoms with van der Waals surface area (Å²) in [4.78, 5) is 41.7. The van der Waals surface area contributed by atoms with Gasteiger partial charge >= 0.3 is 0 Å². The lowest BCUT2D eigenvalue weighted by Crippen LogP contribution is -2.53. The summed E-state index contributed by atoms with van der Waals surface area (Å²) in [7, 11) is 1.58. The smallest absolute Gasteiger partial charge is 0.268 e. The third kappa shape index (κ3) is 4.83. The first-order chi connectivity index (χ1) is 17.0. The van der Waals surface area contributed by atoms with Crippen LogP contribution in [0.15, 0.2) is 24.3 Å². The highest BCUT2D eigenvalue weighted by molar-refractivity contribution is 6.01. The van der Waals surface area contributed by atoms with E-state index < -0.39 is 12.1 Å². The van der Waals surface area contributed by atoms with Gasteiger partial charge in [-0.15, -0.1) is 0 Å². The summed E-state index contributed by atoms with van der Waals surface area (Å²) in [6, 6.07) is 7.86. The maximum absolute atomic E-state index is 13.4. The lowest BCUT2D eigenvalue weighted by Gasteiger charge is -2.30. The molecule has 9 heteroatoms. The van der Waals surface area contributed by atoms with Crippen LogP contribution in [-0.4, -0.2) is 48.4 Å². The second-order valence-corrected chi connectivity index (χ2v) is 10.1. The van der Waals surface area contributed by atoms with Crippen molar-refractivity contribution in [1.29, 1.82) is 5.26 Å². The quantitative estimate of drug-likeness (QED) is 0.462. The van der Waals surface area contributed by atoms with E-state index in [1.807, 2.05) is 18.2 Å². The lowest BCUT2D eigenvalue weighted by atomic mass is 9.83. The predicted octanol–water partition coefficient (Wildman–Crippen LogP) is 2.25. The topological polar surface area (TPSA) is 136 Å². The first kappa shape index (κ1) is 23.2. The molecule has 5 rings (SSSR count). The van der Waals surface area contributed by atoms with Crippen molar-refractivity contribution in [3.8, 4) is 11.8 Å². The summed E-state index contributed by atoms with van der Waals surface area (Å²) in [5.74, 6) is 0.947. The number of methoxy groups -OCH3 is 1. The largest absolute Gasteiger partial charge is 0.496 e. The van der Waals surface area contributed by atoms with Crippen molar-refractivity contribution < 1.29 is 19.1 Å². The molecule has 2 heterocycles. The van der Waals surface area contributed by atoms with E-state index in [1.54, 1.807) is 13.2 Å². The van der Waals surface area contributed by atoms with Crippen molar-refractivity contribution >= 4 is 28.6 Å². The number of ether oxygens (including phenoxy) is 1. The van der Waals surface area contributed by atoms with Crippen LogP contribution in [0.25, 0.3) is 10.9 Å². The van der Waals surface area contributed by atoms with E-state index in [0.29, 0.717) is 30.3 Å². The summed E-state index contributed by atoms with van der Waals surface area (Å²) >= 11 is 0. The SMILES string of the molecule is COc1cccc2[nH]c(C(=O)NC(C(=O)N[C@H](C#N)C[C@@H]3CCNC3=O)C3CCC4CC4C3)cc12. The number of amides is 3. The Kier molecular flexibility index (Phi) is 6.37. The molecule has 1 aromatic carbocycles. The van der Waals surface area contributed by atoms with Crippen molar-refractivity contribution in [1.82, 2.24) is 20.9 Å². The van der Waals surface area contributed by atoms with Crippen LogP contribution in [0, 0.1) is 35.0 Å². The van der Waals surface area contributed by atoms with Crippen LogP contribution in [0.2, 0.25) is 0 Å². The van der Waals surface area contributed by atoms with Gasteiger partial charge in [0.05, 0.1) is 13.2 Å². The summed E-state index contributed by atoms with van der Waals surface area (Å²) in [5, 5.41) is 19.0. The highest BCUT2D eigenvalue weighted by Crippen LogP contribution is 2.52. The summed E-state index contributed by atoms with van der Waals surface area (Å²) in [6.45, 7) is 0.591. The van der Waals surface area contributed by atoms with Crippen molar-refractivity contribution in [3.63, 3.8) is 0 Å². The fourth-order valence-corrected chi connectivity index (χ4v) is 5.79. The minimum atomic E-state index is -0.787. The molecule has 1 aliphatic heterocycles. The Balaban J connectivity index is 1.33. The van der Waals surface area contributed by atoms with Gasteiger partial charge in [0.15, 0.2) is 0 Å². The van der Waals surface area contributed by atoms with Crippen LogP contribution in [-0.2, 0) is 9.59 Å². The van der Waals surface area contributed by atoms with Crippen molar-refractivity contribution in [2.24, 2.45) is 23.7 Å². The van der Waals surface area contributed by atoms with Gasteiger partial charge in [-0.3, -0.25) is 14.4 Å². The van der Waals surface area contributed by atoms with Crippen LogP contribution < -0.4 is 20.7 Å². The second-order valence-electron chi connectivity index (χ2n) is 10.1. The van der Waals surface area contributed by atoms with E-state index in [9.17, 15) is 19.6 Å². The second kappa shape index (κ2) is 9.61. The van der Waals surface area contributed by atoms with E-state index >= 15 is 0 Å². The van der Waals surface area contributed by atoms with E-state index in [0.717, 1.165) is 36.1 Å². The number of nitrogens with zero attached hydrogens (tertiary/aromatic N) is 1. The number of fused-ring (bicyclic) bond motifs is 2. The van der Waals surface area contributed by atoms with E-state index in [4.69, 9.17) is 4.74 Å². The van der Waals surface area contributed by atoms with Crippen molar-refractivity contribution in [3.05, 3.63) is 30.0 Å². The van der Waals surface area contributed by atoms with Gasteiger partial charge in [-0.05, 0) is 74.5 Å². The van der Waals surface area contributed by atoms with Gasteiger partial charge in [-0.2, -0.15) is 5.26 Å². The van der Waals surface area contributed by atoms with Gasteiger partial charge in [0, 0.05) is 23.4 Å². The summed E-state index contributed by atoms with van der Waals surface area (Å²) in [6.07, 6.45) is 4.93. The molecule has 3 aliphatic rings. The van der Waals surface area contributed by atoms with Gasteiger partial charge in [0.25, 0.3) is 5.91 Å². The molecule has 4 unspecified atom stereocenters. The van der Waals surface area contributed by atoms with Crippen LogP contribution in [0.1, 0.15) is 49.0 Å². The molecule has 1 aromatic heterocycles. The number of nitriles is 1. The summed E-state index contributed by atoms with van der Waals surface area (Å²) in [5.41, 5.74) is 1.12. The zero-order valence-corrected chi connectivity index (χ0v) is 19.8. The Hall–Kier alpha value is -3.54. The van der Waals surface area contributed by atoms with Gasteiger partial charge in [-0.25, -0.2) is 0 Å². The number of nitrogens with one attached hydrogen (secondary N) is 4. The molecule has 4 N–H and O–H groups in total. The third-order valence-electron chi connectivity index (χ3n) is 7.87. The first-order valence-electron chi connectivity index (χ1n) is 12.4. The number of carbonyl (C=O) groups excluding carboxylic acids is 3. The van der Waals surface area contributed by atoms with Crippen molar-refractivity contribution in [2.75, 3.05) is 13.7 Å². The zero-order chi connectivity index (χ0) is 24.5. The number of aromatic amines is 1. The lowest BCUT2D eigenvalue weighted by molar-refractivity contribution is -0.126.